The topological polar surface area (TPSA) is 164 Å². The van der Waals surface area contributed by atoms with E-state index in [1.54, 1.807) is 6.08 Å². The van der Waals surface area contributed by atoms with Crippen molar-refractivity contribution in [2.75, 3.05) is 5.75 Å². The highest BCUT2D eigenvalue weighted by molar-refractivity contribution is 7.86. The van der Waals surface area contributed by atoms with Crippen LogP contribution >= 0.6 is 0 Å². The Bertz CT molecular complexity index is 1680. The number of carbonyl (C=O) groups excluding carboxylic acids is 2. The van der Waals surface area contributed by atoms with Crippen LogP contribution in [-0.4, -0.2) is 67.0 Å². The van der Waals surface area contributed by atoms with Crippen molar-refractivity contribution < 1.29 is 29.4 Å². The fraction of sp³-hybridized carbons (Fsp3) is 0.455. The minimum atomic E-state index is -0.909. The molecule has 6 N–H and O–H groups in total. The highest BCUT2D eigenvalue weighted by atomic mass is 32.2. The van der Waals surface area contributed by atoms with E-state index in [1.165, 1.54) is 11.8 Å². The second-order valence-corrected chi connectivity index (χ2v) is 13.5. The summed E-state index contributed by atoms with van der Waals surface area (Å²) < 4.78 is 0. The van der Waals surface area contributed by atoms with Gasteiger partial charge in [-0.3, -0.25) is 19.2 Å². The number of thiol groups is 1. The van der Waals surface area contributed by atoms with Gasteiger partial charge in [-0.25, -0.2) is 0 Å². The Labute approximate surface area is 260 Å². The zero-order valence-electron chi connectivity index (χ0n) is 25.4. The summed E-state index contributed by atoms with van der Waals surface area (Å²) in [5.41, 5.74) is 6.70. The molecule has 5 atom stereocenters. The molecule has 3 aliphatic heterocycles. The third-order valence-electron chi connectivity index (χ3n) is 9.45. The molecule has 0 spiro atoms. The standard InChI is InChI=1S/C33H40N4O6S/c1-6-19-15(2)24(36-33(19)43)11-22-16(3)20(7-9-29(38)39)25(34-22)13-26-21(8-10-30(40)41)17(4)23(35-26)12-27-31(28-14-44-28)18(5)32(42)37-27/h6,12,18,24,27-28,31,34-35H,1,4,7-11,13-14H2,2-3,5H3,(H,36,43)(H,37,42)(H,38,39)(H,40,41)/p+1/b23-12+/t18-,24-,27?,28+,31-/m1/s1. The first-order valence-corrected chi connectivity index (χ1v) is 16.2. The molecule has 1 unspecified atom stereocenters. The number of hydrogen-bond donors (Lipinski definition) is 6. The maximum absolute atomic E-state index is 12.6. The smallest absolute Gasteiger partial charge is 0.303 e. The minimum absolute atomic E-state index is 0.0392. The number of aromatic nitrogens is 2. The lowest BCUT2D eigenvalue weighted by molar-refractivity contribution is -0.138. The molecule has 0 bridgehead atoms. The maximum atomic E-state index is 12.6. The number of carboxylic acid groups (broad SMARTS) is 2. The first-order valence-electron chi connectivity index (χ1n) is 15.0. The largest absolute Gasteiger partial charge is 0.481 e. The van der Waals surface area contributed by atoms with E-state index in [-0.39, 0.29) is 55.0 Å². The summed E-state index contributed by atoms with van der Waals surface area (Å²) in [7, 11) is 0. The number of H-pyrrole nitrogens is 2. The molecule has 0 aliphatic carbocycles. The van der Waals surface area contributed by atoms with Gasteiger partial charge in [-0.05, 0) is 72.0 Å². The number of amides is 2. The Morgan fingerprint density at radius 3 is 2.23 bits per heavy atom. The van der Waals surface area contributed by atoms with E-state index in [4.69, 9.17) is 0 Å². The van der Waals surface area contributed by atoms with E-state index in [0.29, 0.717) is 35.3 Å². The van der Waals surface area contributed by atoms with Gasteiger partial charge in [0.1, 0.15) is 0 Å². The molecule has 0 saturated carbocycles. The van der Waals surface area contributed by atoms with Crippen LogP contribution in [0.1, 0.15) is 60.5 Å². The van der Waals surface area contributed by atoms with E-state index in [1.807, 2.05) is 26.8 Å². The van der Waals surface area contributed by atoms with Gasteiger partial charge in [0.2, 0.25) is 5.91 Å². The quantitative estimate of drug-likeness (QED) is 0.111. The van der Waals surface area contributed by atoms with Crippen LogP contribution in [0, 0.1) is 18.8 Å². The first-order chi connectivity index (χ1) is 20.9. The van der Waals surface area contributed by atoms with Crippen LogP contribution in [0.2, 0.25) is 0 Å². The van der Waals surface area contributed by atoms with Gasteiger partial charge in [-0.15, -0.1) is 0 Å². The van der Waals surface area contributed by atoms with Crippen molar-refractivity contribution in [3.05, 3.63) is 68.1 Å². The van der Waals surface area contributed by atoms with Gasteiger partial charge in [-0.1, -0.05) is 26.2 Å². The highest BCUT2D eigenvalue weighted by Gasteiger charge is 2.53. The summed E-state index contributed by atoms with van der Waals surface area (Å²) in [6.07, 6.45) is 5.01. The molecule has 2 aromatic heterocycles. The van der Waals surface area contributed by atoms with Gasteiger partial charge >= 0.3 is 11.9 Å². The third kappa shape index (κ3) is 6.29. The van der Waals surface area contributed by atoms with E-state index in [0.717, 1.165) is 50.4 Å². The zero-order valence-corrected chi connectivity index (χ0v) is 26.3. The molecule has 5 rings (SSSR count). The molecular weight excluding hydrogens is 580 g/mol. The van der Waals surface area contributed by atoms with Gasteiger partial charge < -0.3 is 30.8 Å². The highest BCUT2D eigenvalue weighted by Crippen LogP contribution is 2.35. The summed E-state index contributed by atoms with van der Waals surface area (Å²) in [6, 6.07) is -0.347. The summed E-state index contributed by atoms with van der Waals surface area (Å²) in [6.45, 7) is 13.9. The molecule has 2 saturated heterocycles. The van der Waals surface area contributed by atoms with Crippen molar-refractivity contribution in [3.63, 3.8) is 0 Å². The lowest BCUT2D eigenvalue weighted by Gasteiger charge is -2.12. The summed E-state index contributed by atoms with van der Waals surface area (Å²) in [5.74, 6) is -0.704. The van der Waals surface area contributed by atoms with Crippen molar-refractivity contribution in [2.45, 2.75) is 76.6 Å². The zero-order chi connectivity index (χ0) is 31.9. The molecule has 234 valence electrons. The van der Waals surface area contributed by atoms with Crippen molar-refractivity contribution in [2.24, 2.45) is 11.8 Å². The number of carboxylic acids is 2. The Balaban J connectivity index is 1.52. The summed E-state index contributed by atoms with van der Waals surface area (Å²) in [5, 5.41) is 27.1. The average Bonchev–Trinajstić information content (AvgIpc) is 3.53. The van der Waals surface area contributed by atoms with E-state index in [9.17, 15) is 29.4 Å². The molecule has 44 heavy (non-hydrogen) atoms. The van der Waals surface area contributed by atoms with Crippen molar-refractivity contribution in [1.82, 2.24) is 20.6 Å². The molecule has 5 heterocycles. The van der Waals surface area contributed by atoms with Crippen LogP contribution < -0.4 is 21.2 Å². The monoisotopic (exact) mass is 621 g/mol. The Morgan fingerprint density at radius 1 is 1.00 bits per heavy atom. The van der Waals surface area contributed by atoms with Gasteiger partial charge in [0.25, 0.3) is 5.91 Å². The predicted molar refractivity (Wildman–Crippen MR) is 171 cm³/mol. The molecule has 2 fully saturated rings. The fourth-order valence-electron chi connectivity index (χ4n) is 6.81. The fourth-order valence-corrected chi connectivity index (χ4v) is 7.86. The number of rotatable bonds is 13. The van der Waals surface area contributed by atoms with Crippen LogP contribution in [0.3, 0.4) is 0 Å². The van der Waals surface area contributed by atoms with Crippen molar-refractivity contribution in [1.29, 1.82) is 0 Å². The van der Waals surface area contributed by atoms with Crippen LogP contribution in [0.15, 0.2) is 23.8 Å². The first kappa shape index (κ1) is 31.4. The lowest BCUT2D eigenvalue weighted by atomic mass is 9.89. The van der Waals surface area contributed by atoms with Gasteiger partial charge in [0.05, 0.1) is 12.1 Å². The summed E-state index contributed by atoms with van der Waals surface area (Å²) in [4.78, 5) is 55.1. The van der Waals surface area contributed by atoms with Crippen LogP contribution in [0.5, 0.6) is 0 Å². The Hall–Kier alpha value is -3.99. The van der Waals surface area contributed by atoms with Gasteiger partial charge in [0.15, 0.2) is 11.0 Å². The van der Waals surface area contributed by atoms with Crippen molar-refractivity contribution in [3.8, 4) is 0 Å². The molecule has 2 amide bonds. The maximum Gasteiger partial charge on any atom is 0.303 e. The Kier molecular flexibility index (Phi) is 8.97. The second-order valence-electron chi connectivity index (χ2n) is 12.2. The van der Waals surface area contributed by atoms with Crippen LogP contribution in [0.4, 0.5) is 0 Å². The van der Waals surface area contributed by atoms with Crippen LogP contribution in [-0.2, 0) is 56.6 Å². The van der Waals surface area contributed by atoms with Crippen LogP contribution in [0.25, 0.3) is 12.7 Å². The SMILES string of the molecule is C=CC1=C(C)[C@@H](Cc2[nH]c(Cc3[nH]/c(=C/C4NC(=O)[C@H](C)[C@H]4[C@@H]4C[SH+]4)c(=C)c3CCC(=O)O)c(CCC(=O)O)c2C)NC1=O. The van der Waals surface area contributed by atoms with E-state index >= 15 is 0 Å². The molecule has 0 radical (unpaired) electrons. The summed E-state index contributed by atoms with van der Waals surface area (Å²) >= 11 is 1.36. The predicted octanol–water partition coefficient (Wildman–Crippen LogP) is 0.958. The lowest BCUT2D eigenvalue weighted by Crippen LogP contribution is -2.34. The minimum Gasteiger partial charge on any atom is -0.481 e. The Morgan fingerprint density at radius 2 is 1.64 bits per heavy atom. The molecule has 10 nitrogen and oxygen atoms in total. The number of carbonyl (C=O) groups is 4. The molecule has 11 heteroatoms. The van der Waals surface area contributed by atoms with E-state index < -0.39 is 11.9 Å². The number of hydrogen-bond acceptors (Lipinski definition) is 4. The van der Waals surface area contributed by atoms with Gasteiger partial charge in [-0.2, -0.15) is 0 Å². The number of aliphatic carboxylic acids is 2. The molecule has 0 aromatic carbocycles. The number of nitrogens with one attached hydrogen (secondary N) is 4. The molecule has 2 aromatic rings. The second kappa shape index (κ2) is 12.6. The third-order valence-corrected chi connectivity index (χ3v) is 10.6. The van der Waals surface area contributed by atoms with E-state index in [2.05, 4.69) is 33.8 Å². The van der Waals surface area contributed by atoms with Crippen molar-refractivity contribution >= 4 is 48.2 Å². The molecular formula is C33H41N4O6S+. The number of aromatic amines is 2. The average molecular weight is 622 g/mol. The molecule has 3 aliphatic rings. The normalized spacial score (nSPS) is 25.0. The van der Waals surface area contributed by atoms with Gasteiger partial charge in [0, 0.05) is 65.5 Å².